The van der Waals surface area contributed by atoms with Crippen LogP contribution in [0.2, 0.25) is 0 Å². The third kappa shape index (κ3) is 8.68. The van der Waals surface area contributed by atoms with Gasteiger partial charge in [-0.3, -0.25) is 9.89 Å². The predicted molar refractivity (Wildman–Crippen MR) is 114 cm³/mol. The number of sulfone groups is 1. The summed E-state index contributed by atoms with van der Waals surface area (Å²) in [4.78, 5) is 9.44. The molecule has 2 aliphatic rings. The maximum Gasteiger partial charge on any atom is 0.194 e. The minimum atomic E-state index is -2.96. The Hall–Kier alpha value is -0.170. The second-order valence-corrected chi connectivity index (χ2v) is 8.77. The monoisotopic (exact) mass is 504 g/mol. The summed E-state index contributed by atoms with van der Waals surface area (Å²) < 4.78 is 32.9. The molecule has 8 nitrogen and oxygen atoms in total. The normalized spacial score (nSPS) is 22.3. The topological polar surface area (TPSA) is 83.5 Å². The van der Waals surface area contributed by atoms with Crippen molar-refractivity contribution >= 4 is 39.8 Å². The first-order valence-corrected chi connectivity index (χ1v) is 11.2. The van der Waals surface area contributed by atoms with Gasteiger partial charge in [-0.25, -0.2) is 8.42 Å². The first-order valence-electron chi connectivity index (χ1n) is 9.10. The fourth-order valence-electron chi connectivity index (χ4n) is 3.13. The zero-order valence-corrected chi connectivity index (χ0v) is 19.0. The SMILES string of the molecule is CCNC(=NCCOCCS(C)(=O)=O)N1CCC(N2CCOCC2)C1.I. The average molecular weight is 504 g/mol. The maximum absolute atomic E-state index is 11.1. The van der Waals surface area contributed by atoms with Crippen LogP contribution < -0.4 is 5.32 Å². The van der Waals surface area contributed by atoms with Crippen LogP contribution in [-0.4, -0.2) is 108 Å². The third-order valence-electron chi connectivity index (χ3n) is 4.46. The molecule has 0 aromatic carbocycles. The fraction of sp³-hybridized carbons (Fsp3) is 0.938. The highest BCUT2D eigenvalue weighted by atomic mass is 127. The van der Waals surface area contributed by atoms with E-state index in [1.807, 2.05) is 0 Å². The van der Waals surface area contributed by atoms with Gasteiger partial charge in [-0.2, -0.15) is 0 Å². The number of hydrogen-bond acceptors (Lipinski definition) is 6. The van der Waals surface area contributed by atoms with E-state index in [1.54, 1.807) is 0 Å². The largest absolute Gasteiger partial charge is 0.379 e. The summed E-state index contributed by atoms with van der Waals surface area (Å²) in [5.74, 6) is 0.981. The van der Waals surface area contributed by atoms with E-state index < -0.39 is 9.84 Å². The quantitative estimate of drug-likeness (QED) is 0.216. The molecule has 154 valence electrons. The van der Waals surface area contributed by atoms with Crippen LogP contribution in [0.5, 0.6) is 0 Å². The molecule has 1 unspecified atom stereocenters. The lowest BCUT2D eigenvalue weighted by Gasteiger charge is -2.32. The van der Waals surface area contributed by atoms with Gasteiger partial charge in [0.1, 0.15) is 9.84 Å². The van der Waals surface area contributed by atoms with Crippen LogP contribution in [0.25, 0.3) is 0 Å². The van der Waals surface area contributed by atoms with Crippen LogP contribution in [0.1, 0.15) is 13.3 Å². The zero-order chi connectivity index (χ0) is 18.1. The number of nitrogens with one attached hydrogen (secondary N) is 1. The second-order valence-electron chi connectivity index (χ2n) is 6.51. The van der Waals surface area contributed by atoms with Crippen molar-refractivity contribution in [2.75, 3.05) is 77.7 Å². The molecule has 1 atom stereocenters. The van der Waals surface area contributed by atoms with E-state index in [2.05, 4.69) is 27.0 Å². The van der Waals surface area contributed by atoms with Crippen LogP contribution >= 0.6 is 24.0 Å². The third-order valence-corrected chi connectivity index (χ3v) is 5.36. The molecule has 0 aromatic heterocycles. The molecule has 0 radical (unpaired) electrons. The van der Waals surface area contributed by atoms with Gasteiger partial charge in [0.2, 0.25) is 0 Å². The van der Waals surface area contributed by atoms with Gasteiger partial charge in [0.15, 0.2) is 5.96 Å². The molecule has 2 fully saturated rings. The molecule has 10 heteroatoms. The molecular weight excluding hydrogens is 471 g/mol. The number of halogens is 1. The van der Waals surface area contributed by atoms with Gasteiger partial charge in [0.05, 0.1) is 38.7 Å². The van der Waals surface area contributed by atoms with E-state index >= 15 is 0 Å². The Morgan fingerprint density at radius 2 is 2.00 bits per heavy atom. The summed E-state index contributed by atoms with van der Waals surface area (Å²) in [7, 11) is -2.96. The van der Waals surface area contributed by atoms with E-state index in [0.29, 0.717) is 19.2 Å². The Kier molecular flexibility index (Phi) is 11.3. The lowest BCUT2D eigenvalue weighted by molar-refractivity contribution is 0.0195. The van der Waals surface area contributed by atoms with E-state index in [9.17, 15) is 8.42 Å². The molecule has 2 heterocycles. The van der Waals surface area contributed by atoms with E-state index in [4.69, 9.17) is 9.47 Å². The summed E-state index contributed by atoms with van der Waals surface area (Å²) in [6.07, 6.45) is 2.37. The van der Waals surface area contributed by atoms with Crippen LogP contribution in [0.15, 0.2) is 4.99 Å². The molecule has 2 saturated heterocycles. The second kappa shape index (κ2) is 12.3. The van der Waals surface area contributed by atoms with Crippen molar-refractivity contribution in [1.82, 2.24) is 15.1 Å². The van der Waals surface area contributed by atoms with Crippen LogP contribution in [0.3, 0.4) is 0 Å². The summed E-state index contributed by atoms with van der Waals surface area (Å²) in [5, 5.41) is 3.34. The van der Waals surface area contributed by atoms with Crippen molar-refractivity contribution in [2.24, 2.45) is 4.99 Å². The minimum Gasteiger partial charge on any atom is -0.379 e. The Morgan fingerprint density at radius 1 is 1.27 bits per heavy atom. The average Bonchev–Trinajstić information content (AvgIpc) is 3.07. The van der Waals surface area contributed by atoms with Crippen molar-refractivity contribution in [2.45, 2.75) is 19.4 Å². The predicted octanol–water partition coefficient (Wildman–Crippen LogP) is 0.0376. The lowest BCUT2D eigenvalue weighted by Crippen LogP contribution is -2.46. The molecule has 0 saturated carbocycles. The van der Waals surface area contributed by atoms with Gasteiger partial charge in [0.25, 0.3) is 0 Å². The molecule has 0 spiro atoms. The number of ether oxygens (including phenoxy) is 2. The van der Waals surface area contributed by atoms with Gasteiger partial charge in [-0.05, 0) is 13.3 Å². The number of nitrogens with zero attached hydrogens (tertiary/aromatic N) is 3. The molecule has 1 N–H and O–H groups in total. The van der Waals surface area contributed by atoms with E-state index in [-0.39, 0.29) is 36.3 Å². The van der Waals surface area contributed by atoms with Crippen LogP contribution in [-0.2, 0) is 19.3 Å². The molecule has 26 heavy (non-hydrogen) atoms. The highest BCUT2D eigenvalue weighted by molar-refractivity contribution is 14.0. The fourth-order valence-corrected chi connectivity index (χ4v) is 3.55. The summed E-state index contributed by atoms with van der Waals surface area (Å²) in [6.45, 7) is 9.76. The highest BCUT2D eigenvalue weighted by Crippen LogP contribution is 2.17. The number of likely N-dealkylation sites (tertiary alicyclic amines) is 1. The van der Waals surface area contributed by atoms with Crippen LogP contribution in [0, 0.1) is 0 Å². The number of aliphatic imine (C=N–C) groups is 1. The van der Waals surface area contributed by atoms with E-state index in [0.717, 1.165) is 58.3 Å². The minimum absolute atomic E-state index is 0. The number of guanidine groups is 1. The maximum atomic E-state index is 11.1. The molecule has 0 aliphatic carbocycles. The van der Waals surface area contributed by atoms with Gasteiger partial charge < -0.3 is 19.7 Å². The highest BCUT2D eigenvalue weighted by Gasteiger charge is 2.30. The van der Waals surface area contributed by atoms with Gasteiger partial charge in [-0.15, -0.1) is 24.0 Å². The van der Waals surface area contributed by atoms with Gasteiger partial charge in [-0.1, -0.05) is 0 Å². The Bertz CT molecular complexity index is 526. The van der Waals surface area contributed by atoms with Crippen LogP contribution in [0.4, 0.5) is 0 Å². The van der Waals surface area contributed by atoms with Gasteiger partial charge >= 0.3 is 0 Å². The van der Waals surface area contributed by atoms with E-state index in [1.165, 1.54) is 6.26 Å². The number of rotatable bonds is 8. The van der Waals surface area contributed by atoms with Crippen molar-refractivity contribution in [3.63, 3.8) is 0 Å². The molecule has 0 bridgehead atoms. The molecule has 2 rings (SSSR count). The Morgan fingerprint density at radius 3 is 2.65 bits per heavy atom. The van der Waals surface area contributed by atoms with Crippen molar-refractivity contribution in [1.29, 1.82) is 0 Å². The smallest absolute Gasteiger partial charge is 0.194 e. The molecular formula is C16H33IN4O4S. The summed E-state index contributed by atoms with van der Waals surface area (Å²) in [5.41, 5.74) is 0. The summed E-state index contributed by atoms with van der Waals surface area (Å²) >= 11 is 0. The van der Waals surface area contributed by atoms with Gasteiger partial charge in [0, 0.05) is 45.0 Å². The molecule has 0 amide bonds. The molecule has 2 aliphatic heterocycles. The van der Waals surface area contributed by atoms with Crippen molar-refractivity contribution < 1.29 is 17.9 Å². The zero-order valence-electron chi connectivity index (χ0n) is 15.9. The Balaban J connectivity index is 0.00000338. The first-order chi connectivity index (χ1) is 12.0. The van der Waals surface area contributed by atoms with Crippen molar-refractivity contribution in [3.8, 4) is 0 Å². The molecule has 0 aromatic rings. The van der Waals surface area contributed by atoms with Crippen molar-refractivity contribution in [3.05, 3.63) is 0 Å². The summed E-state index contributed by atoms with van der Waals surface area (Å²) in [6, 6.07) is 0.568. The standard InChI is InChI=1S/C16H32N4O4S.HI/c1-3-17-16(18-5-9-23-12-13-25(2,21)22)20-6-4-15(14-20)19-7-10-24-11-8-19;/h15H,3-14H2,1-2H3,(H,17,18);1H. The number of hydrogen-bond donors (Lipinski definition) is 1. The first kappa shape index (κ1) is 23.9. The number of morpholine rings is 1. The lowest BCUT2D eigenvalue weighted by atomic mass is 10.2. The Labute approximate surface area is 174 Å².